The van der Waals surface area contributed by atoms with Gasteiger partial charge in [0.15, 0.2) is 0 Å². The molecule has 4 nitrogen and oxygen atoms in total. The Morgan fingerprint density at radius 2 is 1.89 bits per heavy atom. The first-order valence-electron chi connectivity index (χ1n) is 8.86. The first-order valence-corrected chi connectivity index (χ1v) is 8.86. The van der Waals surface area contributed by atoms with Crippen molar-refractivity contribution in [2.75, 3.05) is 13.2 Å². The SMILES string of the molecule is O=C(Cc1ccc(C(F)(F)F)cc1)NC(c1cccnc1)C1CCOCC1. The molecule has 3 rings (SSSR count). The summed E-state index contributed by atoms with van der Waals surface area (Å²) in [5, 5.41) is 3.04. The molecule has 144 valence electrons. The lowest BCUT2D eigenvalue weighted by Gasteiger charge is -2.31. The minimum absolute atomic E-state index is 0.0259. The van der Waals surface area contributed by atoms with Crippen LogP contribution < -0.4 is 5.32 Å². The summed E-state index contributed by atoms with van der Waals surface area (Å²) < 4.78 is 43.4. The summed E-state index contributed by atoms with van der Waals surface area (Å²) in [5.74, 6) is 0.00890. The maximum absolute atomic E-state index is 12.7. The number of hydrogen-bond acceptors (Lipinski definition) is 3. The molecule has 1 amide bonds. The Hall–Kier alpha value is -2.41. The second kappa shape index (κ2) is 8.52. The van der Waals surface area contributed by atoms with E-state index in [1.54, 1.807) is 12.4 Å². The van der Waals surface area contributed by atoms with Gasteiger partial charge in [-0.3, -0.25) is 9.78 Å². The number of aromatic nitrogens is 1. The van der Waals surface area contributed by atoms with Gasteiger partial charge >= 0.3 is 6.18 Å². The van der Waals surface area contributed by atoms with Crippen molar-refractivity contribution in [3.05, 3.63) is 65.5 Å². The fourth-order valence-corrected chi connectivity index (χ4v) is 3.30. The van der Waals surface area contributed by atoms with E-state index in [9.17, 15) is 18.0 Å². The highest BCUT2D eigenvalue weighted by Gasteiger charge is 2.30. The number of ether oxygens (including phenoxy) is 1. The fraction of sp³-hybridized carbons (Fsp3) is 0.400. The van der Waals surface area contributed by atoms with E-state index in [2.05, 4.69) is 10.3 Å². The van der Waals surface area contributed by atoms with Crippen LogP contribution in [-0.2, 0) is 22.1 Å². The zero-order chi connectivity index (χ0) is 19.3. The minimum Gasteiger partial charge on any atom is -0.381 e. The first-order chi connectivity index (χ1) is 12.9. The number of alkyl halides is 3. The van der Waals surface area contributed by atoms with Crippen molar-refractivity contribution in [3.63, 3.8) is 0 Å². The number of amides is 1. The first kappa shape index (κ1) is 19.4. The third-order valence-corrected chi connectivity index (χ3v) is 4.74. The summed E-state index contributed by atoms with van der Waals surface area (Å²) in [5.41, 5.74) is 0.740. The molecule has 0 radical (unpaired) electrons. The van der Waals surface area contributed by atoms with Gasteiger partial charge in [0.1, 0.15) is 0 Å². The lowest BCUT2D eigenvalue weighted by atomic mass is 9.87. The predicted molar refractivity (Wildman–Crippen MR) is 93.8 cm³/mol. The van der Waals surface area contributed by atoms with Crippen molar-refractivity contribution in [2.45, 2.75) is 31.5 Å². The summed E-state index contributed by atoms with van der Waals surface area (Å²) in [6.07, 6.45) is 0.723. The molecular weight excluding hydrogens is 357 g/mol. The third-order valence-electron chi connectivity index (χ3n) is 4.74. The molecule has 0 saturated carbocycles. The van der Waals surface area contributed by atoms with Crippen LogP contribution in [0.25, 0.3) is 0 Å². The zero-order valence-corrected chi connectivity index (χ0v) is 14.7. The molecule has 1 unspecified atom stereocenters. The monoisotopic (exact) mass is 378 g/mol. The van der Waals surface area contributed by atoms with E-state index in [4.69, 9.17) is 4.74 Å². The van der Waals surface area contributed by atoms with Gasteiger partial charge in [0.2, 0.25) is 5.91 Å². The highest BCUT2D eigenvalue weighted by molar-refractivity contribution is 5.79. The van der Waals surface area contributed by atoms with Crippen LogP contribution in [-0.4, -0.2) is 24.1 Å². The summed E-state index contributed by atoms with van der Waals surface area (Å²) in [6, 6.07) is 8.24. The quantitative estimate of drug-likeness (QED) is 0.858. The van der Waals surface area contributed by atoms with Gasteiger partial charge in [0, 0.05) is 25.6 Å². The van der Waals surface area contributed by atoms with Crippen LogP contribution in [0.4, 0.5) is 13.2 Å². The van der Waals surface area contributed by atoms with Crippen LogP contribution in [0.2, 0.25) is 0 Å². The van der Waals surface area contributed by atoms with Gasteiger partial charge in [-0.05, 0) is 48.1 Å². The number of nitrogens with zero attached hydrogens (tertiary/aromatic N) is 1. The van der Waals surface area contributed by atoms with Crippen LogP contribution in [0.5, 0.6) is 0 Å². The van der Waals surface area contributed by atoms with Crippen molar-refractivity contribution >= 4 is 5.91 Å². The number of nitrogens with one attached hydrogen (secondary N) is 1. The predicted octanol–water partition coefficient (Wildman–Crippen LogP) is 3.93. The summed E-state index contributed by atoms with van der Waals surface area (Å²) in [7, 11) is 0. The standard InChI is InChI=1S/C20H21F3N2O2/c21-20(22,23)17-5-3-14(4-6-17)12-18(26)25-19(15-7-10-27-11-8-15)16-2-1-9-24-13-16/h1-6,9,13,15,19H,7-8,10-12H2,(H,25,26). The summed E-state index contributed by atoms with van der Waals surface area (Å²) in [4.78, 5) is 16.7. The molecule has 1 atom stereocenters. The summed E-state index contributed by atoms with van der Waals surface area (Å²) >= 11 is 0. The van der Waals surface area contributed by atoms with E-state index in [0.29, 0.717) is 18.8 Å². The molecule has 2 heterocycles. The Morgan fingerprint density at radius 3 is 2.48 bits per heavy atom. The van der Waals surface area contributed by atoms with Crippen molar-refractivity contribution in [2.24, 2.45) is 5.92 Å². The highest BCUT2D eigenvalue weighted by Crippen LogP contribution is 2.31. The molecular formula is C20H21F3N2O2. The number of pyridine rings is 1. The molecule has 1 saturated heterocycles. The third kappa shape index (κ3) is 5.29. The summed E-state index contributed by atoms with van der Waals surface area (Å²) in [6.45, 7) is 1.30. The molecule has 7 heteroatoms. The van der Waals surface area contributed by atoms with Crippen molar-refractivity contribution < 1.29 is 22.7 Å². The van der Waals surface area contributed by atoms with Gasteiger partial charge in [-0.1, -0.05) is 18.2 Å². The van der Waals surface area contributed by atoms with E-state index in [0.717, 1.165) is 30.5 Å². The maximum Gasteiger partial charge on any atom is 0.416 e. The van der Waals surface area contributed by atoms with E-state index in [1.165, 1.54) is 12.1 Å². The van der Waals surface area contributed by atoms with E-state index in [1.807, 2.05) is 12.1 Å². The van der Waals surface area contributed by atoms with Crippen LogP contribution in [0.15, 0.2) is 48.8 Å². The van der Waals surface area contributed by atoms with E-state index >= 15 is 0 Å². The number of benzene rings is 1. The minimum atomic E-state index is -4.38. The normalized spacial score (nSPS) is 16.7. The molecule has 0 aliphatic carbocycles. The molecule has 1 aromatic carbocycles. The number of rotatable bonds is 5. The van der Waals surface area contributed by atoms with Gasteiger partial charge in [-0.2, -0.15) is 13.2 Å². The van der Waals surface area contributed by atoms with E-state index in [-0.39, 0.29) is 24.3 Å². The fourth-order valence-electron chi connectivity index (χ4n) is 3.30. The second-order valence-electron chi connectivity index (χ2n) is 6.65. The topological polar surface area (TPSA) is 51.2 Å². The van der Waals surface area contributed by atoms with Crippen molar-refractivity contribution in [1.82, 2.24) is 10.3 Å². The van der Waals surface area contributed by atoms with Crippen LogP contribution in [0.1, 0.15) is 35.6 Å². The molecule has 27 heavy (non-hydrogen) atoms. The Kier molecular flexibility index (Phi) is 6.11. The van der Waals surface area contributed by atoms with Crippen LogP contribution in [0, 0.1) is 5.92 Å². The van der Waals surface area contributed by atoms with Crippen LogP contribution >= 0.6 is 0 Å². The highest BCUT2D eigenvalue weighted by atomic mass is 19.4. The molecule has 0 spiro atoms. The lowest BCUT2D eigenvalue weighted by Crippen LogP contribution is -2.36. The van der Waals surface area contributed by atoms with Gasteiger partial charge in [0.25, 0.3) is 0 Å². The van der Waals surface area contributed by atoms with Crippen LogP contribution in [0.3, 0.4) is 0 Å². The number of hydrogen-bond donors (Lipinski definition) is 1. The van der Waals surface area contributed by atoms with Gasteiger partial charge < -0.3 is 10.1 Å². The largest absolute Gasteiger partial charge is 0.416 e. The number of carbonyl (C=O) groups excluding carboxylic acids is 1. The Balaban J connectivity index is 1.69. The smallest absolute Gasteiger partial charge is 0.381 e. The molecule has 1 aliphatic heterocycles. The Morgan fingerprint density at radius 1 is 1.19 bits per heavy atom. The van der Waals surface area contributed by atoms with Gasteiger partial charge in [0.05, 0.1) is 18.0 Å². The molecule has 0 bridgehead atoms. The molecule has 1 aromatic heterocycles. The molecule has 2 aromatic rings. The Labute approximate surface area is 155 Å². The van der Waals surface area contributed by atoms with Crippen molar-refractivity contribution in [3.8, 4) is 0 Å². The van der Waals surface area contributed by atoms with Crippen molar-refractivity contribution in [1.29, 1.82) is 0 Å². The second-order valence-corrected chi connectivity index (χ2v) is 6.65. The molecule has 1 N–H and O–H groups in total. The Bertz CT molecular complexity index is 742. The average molecular weight is 378 g/mol. The maximum atomic E-state index is 12.7. The van der Waals surface area contributed by atoms with Gasteiger partial charge in [-0.25, -0.2) is 0 Å². The lowest BCUT2D eigenvalue weighted by molar-refractivity contribution is -0.137. The number of halogens is 3. The van der Waals surface area contributed by atoms with Gasteiger partial charge in [-0.15, -0.1) is 0 Å². The zero-order valence-electron chi connectivity index (χ0n) is 14.7. The molecule has 1 aliphatic rings. The number of carbonyl (C=O) groups is 1. The van der Waals surface area contributed by atoms with E-state index < -0.39 is 11.7 Å². The molecule has 1 fully saturated rings. The average Bonchev–Trinajstić information content (AvgIpc) is 2.67.